The first-order valence-electron chi connectivity index (χ1n) is 8.48. The largest absolute Gasteiger partial charge is 0.493 e. The molecule has 1 amide bonds. The maximum Gasteiger partial charge on any atom is 0.240 e. The number of carbonyl (C=O) groups excluding carboxylic acids is 1. The first kappa shape index (κ1) is 15.3. The quantitative estimate of drug-likeness (QED) is 0.902. The van der Waals surface area contributed by atoms with Crippen LogP contribution in [0.3, 0.4) is 0 Å². The van der Waals surface area contributed by atoms with Crippen LogP contribution < -0.4 is 15.8 Å². The summed E-state index contributed by atoms with van der Waals surface area (Å²) in [6.45, 7) is 2.77. The highest BCUT2D eigenvalue weighted by Crippen LogP contribution is 2.36. The van der Waals surface area contributed by atoms with E-state index in [0.29, 0.717) is 6.61 Å². The van der Waals surface area contributed by atoms with Crippen molar-refractivity contribution in [2.45, 2.75) is 63.5 Å². The van der Waals surface area contributed by atoms with Crippen LogP contribution in [0.25, 0.3) is 0 Å². The van der Waals surface area contributed by atoms with Crippen LogP contribution in [0.1, 0.15) is 62.6 Å². The molecule has 0 spiro atoms. The monoisotopic (exact) mass is 302 g/mol. The van der Waals surface area contributed by atoms with E-state index in [-0.39, 0.29) is 11.9 Å². The minimum Gasteiger partial charge on any atom is -0.493 e. The molecule has 1 aromatic carbocycles. The van der Waals surface area contributed by atoms with E-state index in [0.717, 1.165) is 49.8 Å². The van der Waals surface area contributed by atoms with Crippen molar-refractivity contribution in [1.82, 2.24) is 5.32 Å². The van der Waals surface area contributed by atoms with Crippen molar-refractivity contribution < 1.29 is 9.53 Å². The minimum atomic E-state index is -0.681. The van der Waals surface area contributed by atoms with Crippen LogP contribution in [-0.4, -0.2) is 18.1 Å². The number of benzene rings is 1. The fourth-order valence-electron chi connectivity index (χ4n) is 3.63. The summed E-state index contributed by atoms with van der Waals surface area (Å²) in [5.74, 6) is 0.961. The first-order valence-corrected chi connectivity index (χ1v) is 8.48. The molecule has 1 fully saturated rings. The molecule has 0 bridgehead atoms. The van der Waals surface area contributed by atoms with Gasteiger partial charge in [-0.05, 0) is 24.8 Å². The summed E-state index contributed by atoms with van der Waals surface area (Å²) in [5.41, 5.74) is 7.97. The lowest BCUT2D eigenvalue weighted by molar-refractivity contribution is -0.128. The summed E-state index contributed by atoms with van der Waals surface area (Å²) in [6, 6.07) is 6.21. The highest BCUT2D eigenvalue weighted by Gasteiger charge is 2.37. The summed E-state index contributed by atoms with van der Waals surface area (Å²) in [7, 11) is 0. The summed E-state index contributed by atoms with van der Waals surface area (Å²) in [4.78, 5) is 12.7. The number of fused-ring (bicyclic) bond motifs is 1. The van der Waals surface area contributed by atoms with Gasteiger partial charge in [0, 0.05) is 12.0 Å². The number of amides is 1. The van der Waals surface area contributed by atoms with Crippen molar-refractivity contribution >= 4 is 5.91 Å². The Morgan fingerprint density at radius 3 is 2.86 bits per heavy atom. The third kappa shape index (κ3) is 2.84. The molecule has 1 aromatic rings. The lowest BCUT2D eigenvalue weighted by Gasteiger charge is -2.35. The van der Waals surface area contributed by atoms with Gasteiger partial charge < -0.3 is 15.8 Å². The molecule has 0 saturated heterocycles. The Kier molecular flexibility index (Phi) is 4.39. The zero-order valence-corrected chi connectivity index (χ0v) is 13.4. The van der Waals surface area contributed by atoms with E-state index in [1.165, 1.54) is 12.0 Å². The molecule has 1 aliphatic heterocycles. The summed E-state index contributed by atoms with van der Waals surface area (Å²) in [5, 5.41) is 3.19. The maximum absolute atomic E-state index is 12.7. The number of rotatable bonds is 3. The number of hydrogen-bond acceptors (Lipinski definition) is 3. The van der Waals surface area contributed by atoms with Crippen molar-refractivity contribution in [2.75, 3.05) is 6.61 Å². The molecule has 2 aliphatic rings. The number of carbonyl (C=O) groups is 1. The number of nitrogens with one attached hydrogen (secondary N) is 1. The van der Waals surface area contributed by atoms with Crippen LogP contribution >= 0.6 is 0 Å². The summed E-state index contributed by atoms with van der Waals surface area (Å²) in [6.07, 6.45) is 6.62. The van der Waals surface area contributed by atoms with E-state index >= 15 is 0 Å². The number of aryl methyl sites for hydroxylation is 1. The molecule has 1 aliphatic carbocycles. The molecule has 4 nitrogen and oxygen atoms in total. The fourth-order valence-corrected chi connectivity index (χ4v) is 3.63. The second-order valence-corrected chi connectivity index (χ2v) is 6.57. The predicted octanol–water partition coefficient (Wildman–Crippen LogP) is 2.85. The average molecular weight is 302 g/mol. The highest BCUT2D eigenvalue weighted by atomic mass is 16.5. The van der Waals surface area contributed by atoms with Gasteiger partial charge in [-0.1, -0.05) is 44.4 Å². The van der Waals surface area contributed by atoms with Gasteiger partial charge in [-0.15, -0.1) is 0 Å². The molecule has 1 unspecified atom stereocenters. The van der Waals surface area contributed by atoms with E-state index in [1.54, 1.807) is 0 Å². The van der Waals surface area contributed by atoms with E-state index in [9.17, 15) is 4.79 Å². The minimum absolute atomic E-state index is 0.00644. The van der Waals surface area contributed by atoms with Crippen molar-refractivity contribution in [2.24, 2.45) is 5.73 Å². The number of para-hydroxylation sites is 1. The van der Waals surface area contributed by atoms with Crippen LogP contribution in [0, 0.1) is 0 Å². The highest BCUT2D eigenvalue weighted by molar-refractivity contribution is 5.86. The van der Waals surface area contributed by atoms with Gasteiger partial charge in [0.25, 0.3) is 0 Å². The molecule has 1 saturated carbocycles. The molecule has 4 heteroatoms. The fraction of sp³-hybridized carbons (Fsp3) is 0.611. The molecule has 1 atom stereocenters. The molecule has 0 aromatic heterocycles. The van der Waals surface area contributed by atoms with Crippen LogP contribution in [0.4, 0.5) is 0 Å². The van der Waals surface area contributed by atoms with Crippen molar-refractivity contribution in [3.05, 3.63) is 29.3 Å². The zero-order valence-electron chi connectivity index (χ0n) is 13.4. The molecule has 120 valence electrons. The standard InChI is InChI=1S/C18H26N2O2/c1-2-13-7-6-8-14-15(9-12-22-16(13)14)20-17(21)18(19)10-4-3-5-11-18/h6-8,15H,2-5,9-12,19H2,1H3,(H,20,21). The number of ether oxygens (including phenoxy) is 1. The van der Waals surface area contributed by atoms with Gasteiger partial charge in [0.1, 0.15) is 5.75 Å². The lowest BCUT2D eigenvalue weighted by Crippen LogP contribution is -2.55. The van der Waals surface area contributed by atoms with Gasteiger partial charge in [-0.3, -0.25) is 4.79 Å². The second kappa shape index (κ2) is 6.29. The maximum atomic E-state index is 12.7. The van der Waals surface area contributed by atoms with Crippen LogP contribution in [0.15, 0.2) is 18.2 Å². The zero-order chi connectivity index (χ0) is 15.6. The van der Waals surface area contributed by atoms with Gasteiger partial charge in [-0.2, -0.15) is 0 Å². The van der Waals surface area contributed by atoms with Crippen molar-refractivity contribution in [1.29, 1.82) is 0 Å². The topological polar surface area (TPSA) is 64.3 Å². The summed E-state index contributed by atoms with van der Waals surface area (Å²) < 4.78 is 5.85. The van der Waals surface area contributed by atoms with E-state index in [1.807, 2.05) is 6.07 Å². The second-order valence-electron chi connectivity index (χ2n) is 6.57. The van der Waals surface area contributed by atoms with Gasteiger partial charge in [0.15, 0.2) is 0 Å². The van der Waals surface area contributed by atoms with Gasteiger partial charge in [0.2, 0.25) is 5.91 Å². The number of nitrogens with two attached hydrogens (primary N) is 1. The Bertz CT molecular complexity index is 550. The number of hydrogen-bond donors (Lipinski definition) is 2. The molecule has 22 heavy (non-hydrogen) atoms. The Labute approximate surface area is 132 Å². The predicted molar refractivity (Wildman–Crippen MR) is 86.8 cm³/mol. The Morgan fingerprint density at radius 2 is 2.14 bits per heavy atom. The Morgan fingerprint density at radius 1 is 1.36 bits per heavy atom. The van der Waals surface area contributed by atoms with Crippen LogP contribution in [0.2, 0.25) is 0 Å². The van der Waals surface area contributed by atoms with Crippen LogP contribution in [0.5, 0.6) is 5.75 Å². The van der Waals surface area contributed by atoms with Crippen molar-refractivity contribution in [3.63, 3.8) is 0 Å². The smallest absolute Gasteiger partial charge is 0.240 e. The normalized spacial score (nSPS) is 23.3. The Hall–Kier alpha value is -1.55. The SMILES string of the molecule is CCc1cccc2c1OCCC2NC(=O)C1(N)CCCCC1. The first-order chi connectivity index (χ1) is 10.6. The van der Waals surface area contributed by atoms with Gasteiger partial charge >= 0.3 is 0 Å². The van der Waals surface area contributed by atoms with Crippen molar-refractivity contribution in [3.8, 4) is 5.75 Å². The lowest BCUT2D eigenvalue weighted by atomic mass is 9.81. The molecular formula is C18H26N2O2. The molecule has 0 radical (unpaired) electrons. The summed E-state index contributed by atoms with van der Waals surface area (Å²) >= 11 is 0. The van der Waals surface area contributed by atoms with Gasteiger partial charge in [-0.25, -0.2) is 0 Å². The van der Waals surface area contributed by atoms with Crippen LogP contribution in [-0.2, 0) is 11.2 Å². The molecular weight excluding hydrogens is 276 g/mol. The van der Waals surface area contributed by atoms with E-state index < -0.39 is 5.54 Å². The Balaban J connectivity index is 1.78. The van der Waals surface area contributed by atoms with Gasteiger partial charge in [0.05, 0.1) is 18.2 Å². The molecule has 3 rings (SSSR count). The molecule has 3 N–H and O–H groups in total. The third-order valence-corrected chi connectivity index (χ3v) is 5.04. The third-order valence-electron chi connectivity index (χ3n) is 5.04. The van der Waals surface area contributed by atoms with E-state index in [4.69, 9.17) is 10.5 Å². The molecule has 1 heterocycles. The average Bonchev–Trinajstić information content (AvgIpc) is 2.55. The van der Waals surface area contributed by atoms with E-state index in [2.05, 4.69) is 24.4 Å².